The Morgan fingerprint density at radius 1 is 1.03 bits per heavy atom. The molecule has 1 saturated carbocycles. The number of sulfonamides is 1. The summed E-state index contributed by atoms with van der Waals surface area (Å²) in [5.74, 6) is 0.958. The highest BCUT2D eigenvalue weighted by atomic mass is 32.2. The first kappa shape index (κ1) is 20.5. The summed E-state index contributed by atoms with van der Waals surface area (Å²) in [6.45, 7) is 0.574. The lowest BCUT2D eigenvalue weighted by Crippen LogP contribution is -2.43. The summed E-state index contributed by atoms with van der Waals surface area (Å²) in [5, 5.41) is 2.98. The van der Waals surface area contributed by atoms with Crippen LogP contribution in [0.3, 0.4) is 0 Å². The molecule has 6 rings (SSSR count). The van der Waals surface area contributed by atoms with Crippen molar-refractivity contribution in [3.05, 3.63) is 48.0 Å². The molecule has 3 aliphatic heterocycles. The third-order valence-electron chi connectivity index (χ3n) is 6.86. The van der Waals surface area contributed by atoms with Crippen LogP contribution in [0.15, 0.2) is 51.8 Å². The lowest BCUT2D eigenvalue weighted by Gasteiger charge is -2.31. The molecular formula is C24H25N3O5S. The van der Waals surface area contributed by atoms with Gasteiger partial charge in [-0.05, 0) is 49.9 Å². The van der Waals surface area contributed by atoms with Gasteiger partial charge in [-0.1, -0.05) is 18.6 Å². The smallest absolute Gasteiger partial charge is 0.285 e. The molecule has 1 N–H and O–H groups in total. The number of hydrogen-bond acceptors (Lipinski definition) is 6. The minimum absolute atomic E-state index is 0.191. The first-order valence-electron chi connectivity index (χ1n) is 11.5. The number of amides is 1. The van der Waals surface area contributed by atoms with Crippen LogP contribution in [0.4, 0.5) is 5.69 Å². The van der Waals surface area contributed by atoms with E-state index in [9.17, 15) is 13.2 Å². The number of benzene rings is 2. The Hall–Kier alpha value is -3.07. The van der Waals surface area contributed by atoms with Crippen molar-refractivity contribution in [2.75, 3.05) is 11.9 Å². The molecule has 0 radical (unpaired) electrons. The largest absolute Gasteiger partial charge is 0.448 e. The summed E-state index contributed by atoms with van der Waals surface area (Å²) in [7, 11) is -3.74. The van der Waals surface area contributed by atoms with Crippen LogP contribution < -0.4 is 14.8 Å². The number of fused-ring (bicyclic) bond motifs is 2. The van der Waals surface area contributed by atoms with Crippen LogP contribution in [0, 0.1) is 0 Å². The van der Waals surface area contributed by atoms with Gasteiger partial charge in [-0.15, -0.1) is 4.40 Å². The fourth-order valence-corrected chi connectivity index (χ4v) is 6.50. The van der Waals surface area contributed by atoms with Crippen molar-refractivity contribution in [2.45, 2.75) is 61.7 Å². The van der Waals surface area contributed by atoms with Crippen molar-refractivity contribution in [3.63, 3.8) is 0 Å². The summed E-state index contributed by atoms with van der Waals surface area (Å²) in [6, 6.07) is 11.7. The van der Waals surface area contributed by atoms with E-state index < -0.39 is 21.9 Å². The molecule has 0 bridgehead atoms. The Morgan fingerprint density at radius 2 is 1.82 bits per heavy atom. The van der Waals surface area contributed by atoms with Crippen LogP contribution in [0.2, 0.25) is 0 Å². The minimum atomic E-state index is -3.74. The molecule has 33 heavy (non-hydrogen) atoms. The van der Waals surface area contributed by atoms with Gasteiger partial charge in [0.15, 0.2) is 17.3 Å². The molecule has 1 amide bonds. The zero-order chi connectivity index (χ0) is 22.6. The monoisotopic (exact) mass is 467 g/mol. The standard InChI is InChI=1S/C24H25N3O5S/c28-23(25-16-10-11-19-20(15-16)32-24(31-19)12-4-1-5-13-24)18-8-6-14-27(18)22-17-7-2-3-9-21(17)33(29,30)26-22/h2-3,7,9-11,15,18H,1,4-6,8,12-14H2,(H,25,28)/t18-/m0/s1. The van der Waals surface area contributed by atoms with Crippen molar-refractivity contribution in [3.8, 4) is 11.5 Å². The maximum atomic E-state index is 13.2. The molecule has 2 aromatic carbocycles. The van der Waals surface area contributed by atoms with Gasteiger partial charge >= 0.3 is 0 Å². The highest BCUT2D eigenvalue weighted by Crippen LogP contribution is 2.46. The van der Waals surface area contributed by atoms with E-state index in [0.29, 0.717) is 41.6 Å². The Bertz CT molecular complexity index is 1270. The lowest BCUT2D eigenvalue weighted by atomic mass is 9.94. The molecule has 1 atom stereocenters. The second-order valence-electron chi connectivity index (χ2n) is 9.06. The molecule has 172 valence electrons. The van der Waals surface area contributed by atoms with Crippen LogP contribution in [0.1, 0.15) is 50.5 Å². The Balaban J connectivity index is 1.21. The van der Waals surface area contributed by atoms with Gasteiger partial charge in [0, 0.05) is 36.7 Å². The number of carbonyl (C=O) groups is 1. The van der Waals surface area contributed by atoms with Gasteiger partial charge in [-0.25, -0.2) is 0 Å². The van der Waals surface area contributed by atoms with Crippen LogP contribution in [-0.4, -0.2) is 43.4 Å². The summed E-state index contributed by atoms with van der Waals surface area (Å²) >= 11 is 0. The number of likely N-dealkylation sites (tertiary alicyclic amines) is 1. The summed E-state index contributed by atoms with van der Waals surface area (Å²) in [6.07, 6.45) is 6.50. The van der Waals surface area contributed by atoms with Crippen molar-refractivity contribution in [1.29, 1.82) is 0 Å². The molecular weight excluding hydrogens is 442 g/mol. The molecule has 1 spiro atoms. The van der Waals surface area contributed by atoms with Crippen LogP contribution in [-0.2, 0) is 14.8 Å². The van der Waals surface area contributed by atoms with Crippen LogP contribution in [0.5, 0.6) is 11.5 Å². The van der Waals surface area contributed by atoms with Crippen molar-refractivity contribution in [1.82, 2.24) is 4.90 Å². The molecule has 1 aliphatic carbocycles. The third kappa shape index (κ3) is 3.45. The quantitative estimate of drug-likeness (QED) is 0.724. The fourth-order valence-electron chi connectivity index (χ4n) is 5.28. The molecule has 0 unspecified atom stereocenters. The number of nitrogens with one attached hydrogen (secondary N) is 1. The van der Waals surface area contributed by atoms with Crippen LogP contribution >= 0.6 is 0 Å². The van der Waals surface area contributed by atoms with E-state index in [1.807, 2.05) is 23.1 Å². The number of rotatable bonds is 2. The van der Waals surface area contributed by atoms with Crippen molar-refractivity contribution in [2.24, 2.45) is 4.40 Å². The van der Waals surface area contributed by atoms with E-state index in [0.717, 1.165) is 32.1 Å². The van der Waals surface area contributed by atoms with E-state index in [2.05, 4.69) is 9.71 Å². The van der Waals surface area contributed by atoms with Crippen LogP contribution in [0.25, 0.3) is 0 Å². The highest BCUT2D eigenvalue weighted by Gasteiger charge is 2.43. The van der Waals surface area contributed by atoms with E-state index >= 15 is 0 Å². The van der Waals surface area contributed by atoms with Gasteiger partial charge in [0.05, 0.1) is 0 Å². The molecule has 2 fully saturated rings. The minimum Gasteiger partial charge on any atom is -0.448 e. The van der Waals surface area contributed by atoms with Gasteiger partial charge < -0.3 is 19.7 Å². The van der Waals surface area contributed by atoms with Crippen molar-refractivity contribution >= 4 is 27.5 Å². The predicted molar refractivity (Wildman–Crippen MR) is 122 cm³/mol. The fraction of sp³-hybridized carbons (Fsp3) is 0.417. The molecule has 2 aromatic rings. The highest BCUT2D eigenvalue weighted by molar-refractivity contribution is 7.90. The van der Waals surface area contributed by atoms with E-state index in [1.54, 1.807) is 24.3 Å². The van der Waals surface area contributed by atoms with Gasteiger partial charge in [-0.3, -0.25) is 4.79 Å². The maximum absolute atomic E-state index is 13.2. The number of ether oxygens (including phenoxy) is 2. The van der Waals surface area contributed by atoms with E-state index in [1.165, 1.54) is 6.42 Å². The molecule has 1 saturated heterocycles. The SMILES string of the molecule is O=C(Nc1ccc2c(c1)OC1(CCCCC1)O2)[C@@H]1CCCN1C1=NS(=O)(=O)c2ccccc21. The molecule has 4 aliphatic rings. The first-order valence-corrected chi connectivity index (χ1v) is 12.9. The average Bonchev–Trinajstić information content (AvgIpc) is 3.48. The topological polar surface area (TPSA) is 97.3 Å². The van der Waals surface area contributed by atoms with Gasteiger partial charge in [0.25, 0.3) is 15.8 Å². The molecule has 8 nitrogen and oxygen atoms in total. The number of hydrogen-bond donors (Lipinski definition) is 1. The Kier molecular flexibility index (Phi) is 4.65. The van der Waals surface area contributed by atoms with E-state index in [4.69, 9.17) is 9.47 Å². The molecule has 9 heteroatoms. The number of nitrogens with zero attached hydrogens (tertiary/aromatic N) is 2. The number of anilines is 1. The average molecular weight is 468 g/mol. The maximum Gasteiger partial charge on any atom is 0.285 e. The number of amidine groups is 1. The summed E-state index contributed by atoms with van der Waals surface area (Å²) in [4.78, 5) is 15.2. The normalized spacial score (nSPS) is 23.9. The summed E-state index contributed by atoms with van der Waals surface area (Å²) in [5.41, 5.74) is 1.18. The molecule has 3 heterocycles. The van der Waals surface area contributed by atoms with Crippen molar-refractivity contribution < 1.29 is 22.7 Å². The Labute approximate surface area is 192 Å². The predicted octanol–water partition coefficient (Wildman–Crippen LogP) is 3.67. The third-order valence-corrected chi connectivity index (χ3v) is 8.18. The van der Waals surface area contributed by atoms with Gasteiger partial charge in [0.2, 0.25) is 5.91 Å². The van der Waals surface area contributed by atoms with Gasteiger partial charge in [-0.2, -0.15) is 8.42 Å². The Morgan fingerprint density at radius 3 is 2.67 bits per heavy atom. The van der Waals surface area contributed by atoms with Gasteiger partial charge in [0.1, 0.15) is 10.9 Å². The number of carbonyl (C=O) groups excluding carboxylic acids is 1. The molecule has 0 aromatic heterocycles. The first-order chi connectivity index (χ1) is 15.9. The summed E-state index contributed by atoms with van der Waals surface area (Å²) < 4.78 is 41.3. The second-order valence-corrected chi connectivity index (χ2v) is 10.6. The van der Waals surface area contributed by atoms with E-state index in [-0.39, 0.29) is 10.8 Å². The second kappa shape index (κ2) is 7.48. The zero-order valence-electron chi connectivity index (χ0n) is 18.1. The lowest BCUT2D eigenvalue weighted by molar-refractivity contribution is -0.119. The zero-order valence-corrected chi connectivity index (χ0v) is 18.9.